The molecular weight excluding hydrogens is 615 g/mol. The summed E-state index contributed by atoms with van der Waals surface area (Å²) >= 11 is 0. The Hall–Kier alpha value is -5.92. The summed E-state index contributed by atoms with van der Waals surface area (Å²) in [5.41, 5.74) is 16.6. The normalized spacial score (nSPS) is 14.6. The summed E-state index contributed by atoms with van der Waals surface area (Å²) in [5, 5.41) is 5.17. The van der Waals surface area contributed by atoms with Gasteiger partial charge in [-0.2, -0.15) is 0 Å². The van der Waals surface area contributed by atoms with Gasteiger partial charge in [-0.3, -0.25) is 0 Å². The molecule has 0 saturated heterocycles. The average Bonchev–Trinajstić information content (AvgIpc) is 3.40. The molecule has 0 aliphatic heterocycles. The summed E-state index contributed by atoms with van der Waals surface area (Å²) in [4.78, 5) is 2.51. The van der Waals surface area contributed by atoms with E-state index < -0.39 is 0 Å². The molecule has 8 aromatic carbocycles. The van der Waals surface area contributed by atoms with Crippen molar-refractivity contribution in [1.82, 2.24) is 0 Å². The van der Waals surface area contributed by atoms with Crippen LogP contribution in [0.4, 0.5) is 17.1 Å². The second-order valence-electron chi connectivity index (χ2n) is 15.3. The van der Waals surface area contributed by atoms with Gasteiger partial charge in [0.05, 0.1) is 5.69 Å². The van der Waals surface area contributed by atoms with Crippen molar-refractivity contribution in [2.24, 2.45) is 0 Å². The van der Waals surface area contributed by atoms with Crippen LogP contribution in [0.5, 0.6) is 0 Å². The minimum Gasteiger partial charge on any atom is -0.310 e. The number of anilines is 3. The van der Waals surface area contributed by atoms with Crippen molar-refractivity contribution < 1.29 is 0 Å². The third-order valence-corrected chi connectivity index (χ3v) is 11.9. The van der Waals surface area contributed by atoms with Gasteiger partial charge < -0.3 is 4.90 Å². The Morgan fingerprint density at radius 1 is 0.392 bits per heavy atom. The molecule has 0 heterocycles. The zero-order valence-electron chi connectivity index (χ0n) is 29.5. The minimum absolute atomic E-state index is 0.104. The lowest BCUT2D eigenvalue weighted by Crippen LogP contribution is -2.24. The number of hydrogen-bond acceptors (Lipinski definition) is 1. The fraction of sp³-hybridized carbons (Fsp3) is 0.120. The number of benzene rings is 8. The van der Waals surface area contributed by atoms with E-state index in [4.69, 9.17) is 0 Å². The molecule has 0 spiro atoms. The maximum atomic E-state index is 2.51. The van der Waals surface area contributed by atoms with Crippen LogP contribution in [0.25, 0.3) is 54.9 Å². The van der Waals surface area contributed by atoms with Gasteiger partial charge in [-0.15, -0.1) is 0 Å². The lowest BCUT2D eigenvalue weighted by atomic mass is 9.68. The Morgan fingerprint density at radius 3 is 1.78 bits per heavy atom. The molecule has 0 amide bonds. The highest BCUT2D eigenvalue weighted by Gasteiger charge is 2.38. The molecule has 0 N–H and O–H groups in total. The molecule has 2 aliphatic carbocycles. The van der Waals surface area contributed by atoms with Crippen molar-refractivity contribution >= 4 is 38.6 Å². The molecule has 0 radical (unpaired) electrons. The topological polar surface area (TPSA) is 3.24 Å². The number of rotatable bonds is 4. The van der Waals surface area contributed by atoms with E-state index in [1.807, 2.05) is 0 Å². The van der Waals surface area contributed by atoms with Gasteiger partial charge in [-0.1, -0.05) is 161 Å². The Bertz CT molecular complexity index is 2690. The Balaban J connectivity index is 1.23. The zero-order valence-corrected chi connectivity index (χ0v) is 29.5. The van der Waals surface area contributed by atoms with Crippen molar-refractivity contribution in [3.8, 4) is 33.4 Å². The molecule has 0 unspecified atom stereocenters. The van der Waals surface area contributed by atoms with Crippen LogP contribution in [0, 0.1) is 0 Å². The second-order valence-corrected chi connectivity index (χ2v) is 15.3. The number of hydrogen-bond donors (Lipinski definition) is 0. The molecule has 0 atom stereocenters. The fourth-order valence-electron chi connectivity index (χ4n) is 9.27. The summed E-state index contributed by atoms with van der Waals surface area (Å²) in [7, 11) is 0. The maximum absolute atomic E-state index is 2.51. The van der Waals surface area contributed by atoms with Gasteiger partial charge in [-0.05, 0) is 102 Å². The van der Waals surface area contributed by atoms with Gasteiger partial charge in [0.1, 0.15) is 0 Å². The highest BCUT2D eigenvalue weighted by Crippen LogP contribution is 2.55. The van der Waals surface area contributed by atoms with E-state index in [1.54, 1.807) is 0 Å². The van der Waals surface area contributed by atoms with Gasteiger partial charge in [0, 0.05) is 27.8 Å². The van der Waals surface area contributed by atoms with E-state index in [9.17, 15) is 0 Å². The maximum Gasteiger partial charge on any atom is 0.0546 e. The van der Waals surface area contributed by atoms with E-state index in [-0.39, 0.29) is 10.8 Å². The van der Waals surface area contributed by atoms with Crippen LogP contribution in [-0.2, 0) is 10.8 Å². The SMILES string of the molecule is CC1(C)c2ccccc2-c2ccc(N(c3ccc(-c4cccc5ccccc45)cc3)c3ccc4cccc5c4c3-c3ccccc3C5(C)C)cc21. The third kappa shape index (κ3) is 4.28. The first-order valence-corrected chi connectivity index (χ1v) is 18.1. The summed E-state index contributed by atoms with van der Waals surface area (Å²) in [6, 6.07) is 61.1. The summed E-state index contributed by atoms with van der Waals surface area (Å²) in [6.45, 7) is 9.49. The summed E-state index contributed by atoms with van der Waals surface area (Å²) < 4.78 is 0. The molecule has 10 rings (SSSR count). The van der Waals surface area contributed by atoms with Crippen LogP contribution in [0.2, 0.25) is 0 Å². The van der Waals surface area contributed by atoms with Gasteiger partial charge >= 0.3 is 0 Å². The molecule has 0 bridgehead atoms. The molecule has 0 fully saturated rings. The van der Waals surface area contributed by atoms with Crippen molar-refractivity contribution in [2.75, 3.05) is 4.90 Å². The molecule has 1 heteroatoms. The number of nitrogens with zero attached hydrogens (tertiary/aromatic N) is 1. The van der Waals surface area contributed by atoms with E-state index in [2.05, 4.69) is 196 Å². The predicted molar refractivity (Wildman–Crippen MR) is 217 cm³/mol. The van der Waals surface area contributed by atoms with Crippen molar-refractivity contribution in [2.45, 2.75) is 38.5 Å². The molecular formula is C50H39N. The van der Waals surface area contributed by atoms with Gasteiger partial charge in [-0.25, -0.2) is 0 Å². The highest BCUT2D eigenvalue weighted by atomic mass is 15.1. The quantitative estimate of drug-likeness (QED) is 0.183. The lowest BCUT2D eigenvalue weighted by molar-refractivity contribution is 0.645. The number of fused-ring (bicyclic) bond motifs is 6. The van der Waals surface area contributed by atoms with E-state index in [0.29, 0.717) is 0 Å². The van der Waals surface area contributed by atoms with Crippen molar-refractivity contribution in [1.29, 1.82) is 0 Å². The van der Waals surface area contributed by atoms with Crippen LogP contribution >= 0.6 is 0 Å². The van der Waals surface area contributed by atoms with Crippen LogP contribution in [0.3, 0.4) is 0 Å². The zero-order chi connectivity index (χ0) is 34.5. The van der Waals surface area contributed by atoms with Crippen LogP contribution < -0.4 is 4.90 Å². The monoisotopic (exact) mass is 653 g/mol. The molecule has 2 aliphatic rings. The van der Waals surface area contributed by atoms with Crippen LogP contribution in [-0.4, -0.2) is 0 Å². The minimum atomic E-state index is -0.115. The third-order valence-electron chi connectivity index (χ3n) is 11.9. The van der Waals surface area contributed by atoms with E-state index >= 15 is 0 Å². The summed E-state index contributed by atoms with van der Waals surface area (Å²) in [6.07, 6.45) is 0. The average molecular weight is 654 g/mol. The lowest BCUT2D eigenvalue weighted by Gasteiger charge is -2.38. The Morgan fingerprint density at radius 2 is 0.961 bits per heavy atom. The van der Waals surface area contributed by atoms with E-state index in [0.717, 1.165) is 5.69 Å². The molecule has 0 saturated carbocycles. The van der Waals surface area contributed by atoms with Crippen LogP contribution in [0.15, 0.2) is 164 Å². The van der Waals surface area contributed by atoms with Gasteiger partial charge in [0.25, 0.3) is 0 Å². The fourth-order valence-corrected chi connectivity index (χ4v) is 9.27. The van der Waals surface area contributed by atoms with Gasteiger partial charge in [0.2, 0.25) is 0 Å². The molecule has 0 aromatic heterocycles. The second kappa shape index (κ2) is 10.8. The predicted octanol–water partition coefficient (Wildman–Crippen LogP) is 13.7. The first-order valence-electron chi connectivity index (χ1n) is 18.1. The first-order chi connectivity index (χ1) is 24.8. The molecule has 1 nitrogen and oxygen atoms in total. The summed E-state index contributed by atoms with van der Waals surface area (Å²) in [5.74, 6) is 0. The van der Waals surface area contributed by atoms with Crippen molar-refractivity contribution in [3.63, 3.8) is 0 Å². The molecule has 8 aromatic rings. The Labute approximate surface area is 300 Å². The van der Waals surface area contributed by atoms with Crippen LogP contribution in [0.1, 0.15) is 49.9 Å². The molecule has 51 heavy (non-hydrogen) atoms. The molecule has 244 valence electrons. The highest BCUT2D eigenvalue weighted by molar-refractivity contribution is 6.10. The van der Waals surface area contributed by atoms with Crippen molar-refractivity contribution in [3.05, 3.63) is 186 Å². The van der Waals surface area contributed by atoms with Gasteiger partial charge in [0.15, 0.2) is 0 Å². The largest absolute Gasteiger partial charge is 0.310 e. The standard InChI is InChI=1S/C50H39N/c1-49(2)43-21-10-8-18-41(43)48-46(30-25-34-15-12-22-44(49)47(34)48)51(36-28-29-40-39-17-7-9-20-42(39)50(3,4)45(40)31-36)35-26-23-33(24-27-35)38-19-11-14-32-13-5-6-16-37(32)38/h5-31H,1-4H3. The first kappa shape index (κ1) is 29.9. The Kier molecular flexibility index (Phi) is 6.34. The smallest absolute Gasteiger partial charge is 0.0546 e. The van der Waals surface area contributed by atoms with E-state index in [1.165, 1.54) is 88.6 Å².